The summed E-state index contributed by atoms with van der Waals surface area (Å²) in [5.74, 6) is -5.31. The van der Waals surface area contributed by atoms with Crippen LogP contribution in [0.5, 0.6) is 0 Å². The Morgan fingerprint density at radius 1 is 1.00 bits per heavy atom. The van der Waals surface area contributed by atoms with Crippen molar-refractivity contribution in [2.24, 2.45) is 0 Å². The number of alkyl halides is 5. The van der Waals surface area contributed by atoms with Gasteiger partial charge in [-0.15, -0.1) is 10.2 Å². The molecule has 3 aromatic rings. The molecular weight excluding hydrogens is 351 g/mol. The Labute approximate surface area is 135 Å². The van der Waals surface area contributed by atoms with Gasteiger partial charge < -0.3 is 0 Å². The van der Waals surface area contributed by atoms with Gasteiger partial charge in [0.05, 0.1) is 12.4 Å². The molecule has 0 bridgehead atoms. The molecule has 7 nitrogen and oxygen atoms in total. The summed E-state index contributed by atoms with van der Waals surface area (Å²) >= 11 is 0. The fourth-order valence-corrected chi connectivity index (χ4v) is 2.02. The lowest BCUT2D eigenvalue weighted by atomic mass is 10.1. The van der Waals surface area contributed by atoms with Crippen molar-refractivity contribution >= 4 is 6.03 Å². The van der Waals surface area contributed by atoms with Gasteiger partial charge in [0.15, 0.2) is 5.69 Å². The standard InChI is InChI=1S/C13H7F5N6O/c14-12(15,13(16,17)18)10-9(8-4-2-1-3-5-8)24(22-20-10)11(25)23-7-6-19-21-23/h1-7H. The van der Waals surface area contributed by atoms with E-state index in [9.17, 15) is 26.7 Å². The summed E-state index contributed by atoms with van der Waals surface area (Å²) in [6.45, 7) is 0. The molecule has 1 aromatic carbocycles. The van der Waals surface area contributed by atoms with E-state index in [0.717, 1.165) is 12.4 Å². The second-order valence-electron chi connectivity index (χ2n) is 4.77. The first-order chi connectivity index (χ1) is 11.7. The van der Waals surface area contributed by atoms with Crippen LogP contribution in [-0.4, -0.2) is 42.2 Å². The Kier molecular flexibility index (Phi) is 3.81. The Balaban J connectivity index is 2.24. The molecule has 0 N–H and O–H groups in total. The maximum atomic E-state index is 13.8. The molecule has 0 aliphatic heterocycles. The first kappa shape index (κ1) is 16.7. The van der Waals surface area contributed by atoms with E-state index in [0.29, 0.717) is 9.36 Å². The lowest BCUT2D eigenvalue weighted by Gasteiger charge is -2.18. The zero-order valence-electron chi connectivity index (χ0n) is 12.0. The van der Waals surface area contributed by atoms with E-state index < -0.39 is 29.5 Å². The largest absolute Gasteiger partial charge is 0.459 e. The molecule has 2 aromatic heterocycles. The Morgan fingerprint density at radius 2 is 1.68 bits per heavy atom. The molecule has 12 heteroatoms. The van der Waals surface area contributed by atoms with E-state index >= 15 is 0 Å². The zero-order valence-corrected chi connectivity index (χ0v) is 12.0. The van der Waals surface area contributed by atoms with Gasteiger partial charge in [0.2, 0.25) is 0 Å². The fourth-order valence-electron chi connectivity index (χ4n) is 2.02. The predicted molar refractivity (Wildman–Crippen MR) is 71.6 cm³/mol. The molecule has 0 aliphatic rings. The topological polar surface area (TPSA) is 78.5 Å². The summed E-state index contributed by atoms with van der Waals surface area (Å²) in [6.07, 6.45) is -3.70. The van der Waals surface area contributed by atoms with Crippen molar-refractivity contribution in [2.75, 3.05) is 0 Å². The highest BCUT2D eigenvalue weighted by molar-refractivity contribution is 5.83. The third kappa shape index (κ3) is 2.75. The van der Waals surface area contributed by atoms with Gasteiger partial charge in [0.1, 0.15) is 5.69 Å². The summed E-state index contributed by atoms with van der Waals surface area (Å²) in [5.41, 5.74) is -2.57. The van der Waals surface area contributed by atoms with E-state index in [2.05, 4.69) is 20.6 Å². The van der Waals surface area contributed by atoms with Crippen LogP contribution in [-0.2, 0) is 5.92 Å². The molecule has 130 valence electrons. The molecule has 25 heavy (non-hydrogen) atoms. The number of halogens is 5. The molecule has 3 rings (SSSR count). The number of rotatable bonds is 2. The van der Waals surface area contributed by atoms with Crippen LogP contribution in [0.4, 0.5) is 26.7 Å². The van der Waals surface area contributed by atoms with Gasteiger partial charge in [-0.05, 0) is 0 Å². The number of nitrogens with zero attached hydrogens (tertiary/aromatic N) is 6. The summed E-state index contributed by atoms with van der Waals surface area (Å²) in [7, 11) is 0. The summed E-state index contributed by atoms with van der Waals surface area (Å²) in [5, 5.41) is 12.8. The predicted octanol–water partition coefficient (Wildman–Crippen LogP) is 2.71. The molecule has 0 atom stereocenters. The number of hydrogen-bond acceptors (Lipinski definition) is 5. The average molecular weight is 358 g/mol. The van der Waals surface area contributed by atoms with Crippen LogP contribution < -0.4 is 0 Å². The summed E-state index contributed by atoms with van der Waals surface area (Å²) in [4.78, 5) is 12.3. The fraction of sp³-hybridized carbons (Fsp3) is 0.154. The van der Waals surface area contributed by atoms with E-state index in [1.54, 1.807) is 0 Å². The molecule has 0 radical (unpaired) electrons. The SMILES string of the molecule is O=C(n1ccnn1)n1nnc(C(F)(F)C(F)(F)F)c1-c1ccccc1. The third-order valence-electron chi connectivity index (χ3n) is 3.17. The monoisotopic (exact) mass is 358 g/mol. The number of carbonyl (C=O) groups is 1. The van der Waals surface area contributed by atoms with Gasteiger partial charge in [0, 0.05) is 5.56 Å². The lowest BCUT2D eigenvalue weighted by molar-refractivity contribution is -0.290. The molecule has 0 unspecified atom stereocenters. The van der Waals surface area contributed by atoms with E-state index in [4.69, 9.17) is 0 Å². The minimum atomic E-state index is -5.91. The molecule has 0 spiro atoms. The lowest BCUT2D eigenvalue weighted by Crippen LogP contribution is -2.35. The van der Waals surface area contributed by atoms with Crippen LogP contribution in [0.15, 0.2) is 42.7 Å². The van der Waals surface area contributed by atoms with Crippen molar-refractivity contribution in [3.05, 3.63) is 48.4 Å². The van der Waals surface area contributed by atoms with Crippen molar-refractivity contribution < 1.29 is 26.7 Å². The first-order valence-corrected chi connectivity index (χ1v) is 6.60. The van der Waals surface area contributed by atoms with Crippen LogP contribution in [0.1, 0.15) is 5.69 Å². The number of aromatic nitrogens is 6. The van der Waals surface area contributed by atoms with E-state index in [1.807, 2.05) is 0 Å². The smallest absolute Gasteiger partial charge is 0.243 e. The Hall–Kier alpha value is -3.18. The maximum Gasteiger partial charge on any atom is 0.459 e. The van der Waals surface area contributed by atoms with Gasteiger partial charge in [-0.25, -0.2) is 4.79 Å². The van der Waals surface area contributed by atoms with Crippen LogP contribution in [0.25, 0.3) is 11.3 Å². The van der Waals surface area contributed by atoms with Gasteiger partial charge >= 0.3 is 18.1 Å². The second kappa shape index (κ2) is 5.72. The second-order valence-corrected chi connectivity index (χ2v) is 4.77. The summed E-state index contributed by atoms with van der Waals surface area (Å²) < 4.78 is 66.9. The molecule has 0 fully saturated rings. The molecule has 2 heterocycles. The van der Waals surface area contributed by atoms with Gasteiger partial charge in [0.25, 0.3) is 0 Å². The minimum Gasteiger partial charge on any atom is -0.243 e. The van der Waals surface area contributed by atoms with E-state index in [1.165, 1.54) is 30.3 Å². The van der Waals surface area contributed by atoms with Crippen molar-refractivity contribution in [1.29, 1.82) is 0 Å². The highest BCUT2D eigenvalue weighted by Gasteiger charge is 2.62. The highest BCUT2D eigenvalue weighted by atomic mass is 19.4. The van der Waals surface area contributed by atoms with Crippen LogP contribution in [0, 0.1) is 0 Å². The van der Waals surface area contributed by atoms with Crippen molar-refractivity contribution in [3.8, 4) is 11.3 Å². The average Bonchev–Trinajstić information content (AvgIpc) is 3.24. The Morgan fingerprint density at radius 3 is 2.24 bits per heavy atom. The van der Waals surface area contributed by atoms with Crippen LogP contribution in [0.3, 0.4) is 0 Å². The van der Waals surface area contributed by atoms with Crippen LogP contribution in [0.2, 0.25) is 0 Å². The first-order valence-electron chi connectivity index (χ1n) is 6.60. The number of benzene rings is 1. The van der Waals surface area contributed by atoms with Gasteiger partial charge in [-0.3, -0.25) is 0 Å². The molecule has 0 amide bonds. The van der Waals surface area contributed by atoms with Gasteiger partial charge in [-0.2, -0.15) is 31.3 Å². The minimum absolute atomic E-state index is 0.0973. The van der Waals surface area contributed by atoms with Crippen LogP contribution >= 0.6 is 0 Å². The molecule has 0 saturated heterocycles. The third-order valence-corrected chi connectivity index (χ3v) is 3.17. The quantitative estimate of drug-likeness (QED) is 0.658. The van der Waals surface area contributed by atoms with Crippen molar-refractivity contribution in [2.45, 2.75) is 12.1 Å². The van der Waals surface area contributed by atoms with Gasteiger partial charge in [-0.1, -0.05) is 40.8 Å². The van der Waals surface area contributed by atoms with Crippen molar-refractivity contribution in [3.63, 3.8) is 0 Å². The Bertz CT molecular complexity index is 888. The normalized spacial score (nSPS) is 12.4. The molecule has 0 saturated carbocycles. The summed E-state index contributed by atoms with van der Waals surface area (Å²) in [6, 6.07) is 5.72. The van der Waals surface area contributed by atoms with Crippen molar-refractivity contribution in [1.82, 2.24) is 30.0 Å². The zero-order chi connectivity index (χ0) is 18.2. The maximum absolute atomic E-state index is 13.8. The molecular formula is C13H7F5N6O. The van der Waals surface area contributed by atoms with E-state index in [-0.39, 0.29) is 5.56 Å². The number of carbonyl (C=O) groups excluding carboxylic acids is 1. The number of hydrogen-bond donors (Lipinski definition) is 0. The highest BCUT2D eigenvalue weighted by Crippen LogP contribution is 2.46. The molecule has 0 aliphatic carbocycles.